The molecule has 0 bridgehead atoms. The summed E-state index contributed by atoms with van der Waals surface area (Å²) in [6.07, 6.45) is 0. The van der Waals surface area contributed by atoms with Crippen molar-refractivity contribution in [1.82, 2.24) is 5.32 Å². The molecule has 0 saturated heterocycles. The second kappa shape index (κ2) is 4.99. The van der Waals surface area contributed by atoms with Gasteiger partial charge in [0.15, 0.2) is 0 Å². The normalized spacial score (nSPS) is 15.6. The molecule has 1 aliphatic rings. The number of dihydropyridines is 1. The standard InChI is InChI=1S/C15H13N3O2/c1-8-12(6-16)15(13(7-17)9(2)18-8)11-5-10(19)3-4-14(11)20/h3-5,15,18-20H,1-2H3. The molecule has 0 unspecified atom stereocenters. The van der Waals surface area contributed by atoms with Crippen molar-refractivity contribution in [1.29, 1.82) is 10.5 Å². The summed E-state index contributed by atoms with van der Waals surface area (Å²) in [6, 6.07) is 8.22. The van der Waals surface area contributed by atoms with Crippen LogP contribution in [-0.2, 0) is 0 Å². The van der Waals surface area contributed by atoms with Crippen molar-refractivity contribution in [3.05, 3.63) is 46.3 Å². The van der Waals surface area contributed by atoms with Gasteiger partial charge >= 0.3 is 0 Å². The molecule has 2 rings (SSSR count). The number of allylic oxidation sites excluding steroid dienone is 4. The van der Waals surface area contributed by atoms with Gasteiger partial charge in [-0.2, -0.15) is 10.5 Å². The van der Waals surface area contributed by atoms with Crippen LogP contribution in [0.4, 0.5) is 0 Å². The molecule has 100 valence electrons. The number of hydrogen-bond donors (Lipinski definition) is 3. The number of nitrogens with zero attached hydrogens (tertiary/aromatic N) is 2. The predicted octanol–water partition coefficient (Wildman–Crippen LogP) is 2.38. The van der Waals surface area contributed by atoms with Crippen molar-refractivity contribution in [2.45, 2.75) is 19.8 Å². The number of phenolic OH excluding ortho intramolecular Hbond substituents is 2. The fraction of sp³-hybridized carbons (Fsp3) is 0.200. The summed E-state index contributed by atoms with van der Waals surface area (Å²) in [7, 11) is 0. The first-order chi connectivity index (χ1) is 9.49. The molecule has 5 nitrogen and oxygen atoms in total. The molecule has 1 heterocycles. The Labute approximate surface area is 116 Å². The highest BCUT2D eigenvalue weighted by Gasteiger charge is 2.31. The Morgan fingerprint density at radius 1 is 1.05 bits per heavy atom. The second-order valence-corrected chi connectivity index (χ2v) is 4.60. The highest BCUT2D eigenvalue weighted by Crippen LogP contribution is 2.41. The monoisotopic (exact) mass is 267 g/mol. The van der Waals surface area contributed by atoms with Crippen LogP contribution < -0.4 is 5.32 Å². The Morgan fingerprint density at radius 3 is 2.10 bits per heavy atom. The smallest absolute Gasteiger partial charge is 0.120 e. The number of aromatic hydroxyl groups is 2. The molecule has 3 N–H and O–H groups in total. The van der Waals surface area contributed by atoms with E-state index in [4.69, 9.17) is 0 Å². The van der Waals surface area contributed by atoms with E-state index in [0.717, 1.165) is 0 Å². The van der Waals surface area contributed by atoms with Gasteiger partial charge in [0.2, 0.25) is 0 Å². The van der Waals surface area contributed by atoms with Crippen LogP contribution in [0.25, 0.3) is 0 Å². The van der Waals surface area contributed by atoms with Gasteiger partial charge < -0.3 is 15.5 Å². The molecule has 1 aromatic carbocycles. The minimum atomic E-state index is -0.668. The molecular formula is C15H13N3O2. The van der Waals surface area contributed by atoms with Crippen molar-refractivity contribution in [2.75, 3.05) is 0 Å². The molecule has 0 fully saturated rings. The molecule has 0 amide bonds. The first-order valence-corrected chi connectivity index (χ1v) is 6.00. The van der Waals surface area contributed by atoms with E-state index in [0.29, 0.717) is 28.1 Å². The summed E-state index contributed by atoms with van der Waals surface area (Å²) in [5.41, 5.74) is 2.33. The third-order valence-electron chi connectivity index (χ3n) is 3.32. The number of rotatable bonds is 1. The van der Waals surface area contributed by atoms with Gasteiger partial charge in [0.05, 0.1) is 29.2 Å². The van der Waals surface area contributed by atoms with Crippen molar-refractivity contribution in [2.24, 2.45) is 0 Å². The van der Waals surface area contributed by atoms with Gasteiger partial charge in [-0.25, -0.2) is 0 Å². The molecule has 1 aromatic rings. The topological polar surface area (TPSA) is 100 Å². The third-order valence-corrected chi connectivity index (χ3v) is 3.32. The lowest BCUT2D eigenvalue weighted by Gasteiger charge is -2.26. The van der Waals surface area contributed by atoms with Crippen LogP contribution in [-0.4, -0.2) is 10.2 Å². The molecule has 20 heavy (non-hydrogen) atoms. The highest BCUT2D eigenvalue weighted by molar-refractivity contribution is 5.58. The van der Waals surface area contributed by atoms with E-state index in [-0.39, 0.29) is 11.5 Å². The predicted molar refractivity (Wildman–Crippen MR) is 72.3 cm³/mol. The van der Waals surface area contributed by atoms with Gasteiger partial charge in [0.1, 0.15) is 11.5 Å². The van der Waals surface area contributed by atoms with E-state index in [2.05, 4.69) is 17.5 Å². The molecule has 0 atom stereocenters. The average Bonchev–Trinajstić information content (AvgIpc) is 2.41. The van der Waals surface area contributed by atoms with Crippen LogP contribution in [0.3, 0.4) is 0 Å². The maximum absolute atomic E-state index is 9.99. The zero-order valence-electron chi connectivity index (χ0n) is 11.1. The SMILES string of the molecule is CC1=C(C#N)C(c2cc(O)ccc2O)C(C#N)=C(C)N1. The maximum atomic E-state index is 9.99. The summed E-state index contributed by atoms with van der Waals surface area (Å²) in [5, 5.41) is 41.2. The second-order valence-electron chi connectivity index (χ2n) is 4.60. The van der Waals surface area contributed by atoms with Crippen molar-refractivity contribution < 1.29 is 10.2 Å². The van der Waals surface area contributed by atoms with Crippen molar-refractivity contribution in [3.63, 3.8) is 0 Å². The maximum Gasteiger partial charge on any atom is 0.120 e. The van der Waals surface area contributed by atoms with Gasteiger partial charge in [-0.05, 0) is 32.0 Å². The van der Waals surface area contributed by atoms with Crippen molar-refractivity contribution in [3.8, 4) is 23.6 Å². The van der Waals surface area contributed by atoms with E-state index >= 15 is 0 Å². The molecule has 0 saturated carbocycles. The lowest BCUT2D eigenvalue weighted by atomic mass is 9.81. The third kappa shape index (κ3) is 2.06. The number of benzene rings is 1. The van der Waals surface area contributed by atoms with Gasteiger partial charge in [0, 0.05) is 17.0 Å². The number of phenols is 2. The van der Waals surface area contributed by atoms with Crippen LogP contribution in [0.5, 0.6) is 11.5 Å². The minimum absolute atomic E-state index is 0.0266. The molecule has 0 aliphatic carbocycles. The summed E-state index contributed by atoms with van der Waals surface area (Å²) in [5.74, 6) is -0.754. The van der Waals surface area contributed by atoms with E-state index in [9.17, 15) is 20.7 Å². The van der Waals surface area contributed by atoms with Gasteiger partial charge in [0.25, 0.3) is 0 Å². The first-order valence-electron chi connectivity index (χ1n) is 6.00. The Morgan fingerprint density at radius 2 is 1.60 bits per heavy atom. The lowest BCUT2D eigenvalue weighted by molar-refractivity contribution is 0.453. The van der Waals surface area contributed by atoms with Crippen LogP contribution in [0.1, 0.15) is 25.3 Å². The molecule has 0 spiro atoms. The molecular weight excluding hydrogens is 254 g/mol. The lowest BCUT2D eigenvalue weighted by Crippen LogP contribution is -2.23. The number of nitriles is 2. The zero-order valence-corrected chi connectivity index (χ0v) is 11.1. The van der Waals surface area contributed by atoms with E-state index in [1.165, 1.54) is 18.2 Å². The quantitative estimate of drug-likeness (QED) is 0.678. The number of nitrogens with one attached hydrogen (secondary N) is 1. The van der Waals surface area contributed by atoms with Crippen LogP contribution in [0.2, 0.25) is 0 Å². The Hall–Kier alpha value is -2.92. The van der Waals surface area contributed by atoms with Gasteiger partial charge in [-0.3, -0.25) is 0 Å². The number of hydrogen-bond acceptors (Lipinski definition) is 5. The zero-order chi connectivity index (χ0) is 14.9. The first kappa shape index (κ1) is 13.5. The van der Waals surface area contributed by atoms with E-state index < -0.39 is 5.92 Å². The summed E-state index contributed by atoms with van der Waals surface area (Å²) in [4.78, 5) is 0. The largest absolute Gasteiger partial charge is 0.508 e. The Bertz CT molecular complexity index is 682. The van der Waals surface area contributed by atoms with Crippen LogP contribution in [0, 0.1) is 22.7 Å². The Balaban J connectivity index is 2.72. The van der Waals surface area contributed by atoms with Crippen molar-refractivity contribution >= 4 is 0 Å². The average molecular weight is 267 g/mol. The van der Waals surface area contributed by atoms with Gasteiger partial charge in [-0.15, -0.1) is 0 Å². The fourth-order valence-electron chi connectivity index (χ4n) is 2.37. The summed E-state index contributed by atoms with van der Waals surface area (Å²) >= 11 is 0. The summed E-state index contributed by atoms with van der Waals surface area (Å²) in [6.45, 7) is 3.48. The van der Waals surface area contributed by atoms with Gasteiger partial charge in [-0.1, -0.05) is 0 Å². The minimum Gasteiger partial charge on any atom is -0.508 e. The molecule has 1 aliphatic heterocycles. The van der Waals surface area contributed by atoms with E-state index in [1.54, 1.807) is 13.8 Å². The Kier molecular flexibility index (Phi) is 3.37. The summed E-state index contributed by atoms with van der Waals surface area (Å²) < 4.78 is 0. The molecule has 0 radical (unpaired) electrons. The fourth-order valence-corrected chi connectivity index (χ4v) is 2.37. The van der Waals surface area contributed by atoms with Crippen LogP contribution >= 0.6 is 0 Å². The van der Waals surface area contributed by atoms with Crippen LogP contribution in [0.15, 0.2) is 40.7 Å². The molecule has 5 heteroatoms. The highest BCUT2D eigenvalue weighted by atomic mass is 16.3. The van der Waals surface area contributed by atoms with E-state index in [1.807, 2.05) is 0 Å². The molecule has 0 aromatic heterocycles.